The highest BCUT2D eigenvalue weighted by Gasteiger charge is 2.57. The first kappa shape index (κ1) is 18.2. The van der Waals surface area contributed by atoms with Crippen molar-refractivity contribution in [1.29, 1.82) is 0 Å². The number of hydrogen-bond donors (Lipinski definition) is 2. The molecule has 2 aromatic carbocycles. The minimum Gasteiger partial charge on any atom is -0.481 e. The molecular formula is C20H16ClN3O4. The molecule has 0 saturated heterocycles. The monoisotopic (exact) mass is 397 g/mol. The number of rotatable bonds is 4. The first-order chi connectivity index (χ1) is 13.4. The fourth-order valence-corrected chi connectivity index (χ4v) is 3.76. The summed E-state index contributed by atoms with van der Waals surface area (Å²) in [5.74, 6) is -1.96. The smallest absolute Gasteiger partial charge is 0.303 e. The number of aliphatic carboxylic acids is 1. The lowest BCUT2D eigenvalue weighted by atomic mass is 9.85. The molecule has 2 aliphatic heterocycles. The third kappa shape index (κ3) is 2.84. The van der Waals surface area contributed by atoms with Crippen LogP contribution < -0.4 is 5.32 Å². The number of carboxylic acids is 1. The molecule has 2 N–H and O–H groups in total. The number of hydrogen-bond acceptors (Lipinski definition) is 4. The summed E-state index contributed by atoms with van der Waals surface area (Å²) in [6.07, 6.45) is -0.388. The fourth-order valence-electron chi connectivity index (χ4n) is 3.64. The van der Waals surface area contributed by atoms with Gasteiger partial charge in [-0.25, -0.2) is 5.01 Å². The van der Waals surface area contributed by atoms with Crippen LogP contribution in [0.1, 0.15) is 30.4 Å². The largest absolute Gasteiger partial charge is 0.481 e. The molecule has 8 heteroatoms. The van der Waals surface area contributed by atoms with E-state index < -0.39 is 17.4 Å². The first-order valence-corrected chi connectivity index (χ1v) is 9.09. The van der Waals surface area contributed by atoms with E-state index in [4.69, 9.17) is 16.7 Å². The number of hydrazone groups is 1. The molecule has 2 heterocycles. The van der Waals surface area contributed by atoms with Gasteiger partial charge in [-0.15, -0.1) is 0 Å². The molecule has 2 amide bonds. The zero-order chi connectivity index (χ0) is 19.9. The maximum absolute atomic E-state index is 13.0. The van der Waals surface area contributed by atoms with Gasteiger partial charge in [0.2, 0.25) is 5.91 Å². The number of carbonyl (C=O) groups excluding carboxylic acids is 2. The highest BCUT2D eigenvalue weighted by molar-refractivity contribution is 6.30. The zero-order valence-electron chi connectivity index (χ0n) is 14.7. The van der Waals surface area contributed by atoms with Gasteiger partial charge in [-0.3, -0.25) is 14.4 Å². The third-order valence-corrected chi connectivity index (χ3v) is 5.22. The Morgan fingerprint density at radius 3 is 2.57 bits per heavy atom. The molecule has 0 radical (unpaired) electrons. The Bertz CT molecular complexity index is 1020. The lowest BCUT2D eigenvalue weighted by molar-refractivity contribution is -0.146. The van der Waals surface area contributed by atoms with Crippen LogP contribution in [0.3, 0.4) is 0 Å². The van der Waals surface area contributed by atoms with Gasteiger partial charge in [0, 0.05) is 29.1 Å². The van der Waals surface area contributed by atoms with Crippen LogP contribution in [-0.2, 0) is 19.9 Å². The van der Waals surface area contributed by atoms with Crippen LogP contribution in [-0.4, -0.2) is 33.6 Å². The van der Waals surface area contributed by atoms with Crippen molar-refractivity contribution >= 4 is 40.8 Å². The molecule has 2 aliphatic rings. The maximum atomic E-state index is 13.0. The summed E-state index contributed by atoms with van der Waals surface area (Å²) in [6.45, 7) is 0. The number of fused-ring (bicyclic) bond motifs is 2. The van der Waals surface area contributed by atoms with Crippen molar-refractivity contribution in [1.82, 2.24) is 5.01 Å². The van der Waals surface area contributed by atoms with Gasteiger partial charge < -0.3 is 10.4 Å². The van der Waals surface area contributed by atoms with Crippen molar-refractivity contribution < 1.29 is 19.5 Å². The minimum atomic E-state index is -1.32. The Morgan fingerprint density at radius 2 is 1.86 bits per heavy atom. The average molecular weight is 398 g/mol. The Balaban J connectivity index is 1.79. The second kappa shape index (κ2) is 6.76. The van der Waals surface area contributed by atoms with E-state index in [9.17, 15) is 14.4 Å². The van der Waals surface area contributed by atoms with Gasteiger partial charge >= 0.3 is 5.97 Å². The molecular weight excluding hydrogens is 382 g/mol. The van der Waals surface area contributed by atoms with Crippen LogP contribution in [0.2, 0.25) is 5.02 Å². The Hall–Kier alpha value is -3.19. The van der Waals surface area contributed by atoms with Crippen molar-refractivity contribution in [2.75, 3.05) is 5.32 Å². The van der Waals surface area contributed by atoms with Crippen molar-refractivity contribution in [2.24, 2.45) is 5.10 Å². The number of benzene rings is 2. The number of nitrogens with one attached hydrogen (secondary N) is 1. The van der Waals surface area contributed by atoms with Crippen LogP contribution >= 0.6 is 11.6 Å². The molecule has 142 valence electrons. The lowest BCUT2D eigenvalue weighted by Crippen LogP contribution is -2.48. The highest BCUT2D eigenvalue weighted by Crippen LogP contribution is 2.47. The van der Waals surface area contributed by atoms with Gasteiger partial charge in [-0.2, -0.15) is 5.10 Å². The van der Waals surface area contributed by atoms with Crippen LogP contribution in [0.4, 0.5) is 5.69 Å². The van der Waals surface area contributed by atoms with Crippen molar-refractivity contribution in [2.45, 2.75) is 24.8 Å². The number of anilines is 1. The molecule has 0 bridgehead atoms. The van der Waals surface area contributed by atoms with E-state index in [0.717, 1.165) is 10.6 Å². The average Bonchev–Trinajstić information content (AvgIpc) is 3.21. The number of halogens is 1. The minimum absolute atomic E-state index is 0.191. The molecule has 7 nitrogen and oxygen atoms in total. The molecule has 4 rings (SSSR count). The van der Waals surface area contributed by atoms with Crippen molar-refractivity contribution in [3.63, 3.8) is 0 Å². The Morgan fingerprint density at radius 1 is 1.14 bits per heavy atom. The second-order valence-electron chi connectivity index (χ2n) is 6.69. The second-order valence-corrected chi connectivity index (χ2v) is 7.13. The van der Waals surface area contributed by atoms with E-state index in [-0.39, 0.29) is 25.2 Å². The summed E-state index contributed by atoms with van der Waals surface area (Å²) in [6, 6.07) is 14.1. The molecule has 0 saturated carbocycles. The van der Waals surface area contributed by atoms with Gasteiger partial charge in [0.25, 0.3) is 5.91 Å². The number of para-hydroxylation sites is 1. The van der Waals surface area contributed by atoms with E-state index in [2.05, 4.69) is 10.4 Å². The van der Waals surface area contributed by atoms with E-state index in [1.807, 2.05) is 0 Å². The lowest BCUT2D eigenvalue weighted by Gasteiger charge is -2.30. The summed E-state index contributed by atoms with van der Waals surface area (Å²) < 4.78 is 0. The molecule has 1 unspecified atom stereocenters. The van der Waals surface area contributed by atoms with E-state index in [1.54, 1.807) is 48.5 Å². The quantitative estimate of drug-likeness (QED) is 0.828. The summed E-state index contributed by atoms with van der Waals surface area (Å²) in [5, 5.41) is 17.9. The van der Waals surface area contributed by atoms with Crippen LogP contribution in [0.5, 0.6) is 0 Å². The Kier molecular flexibility index (Phi) is 4.39. The van der Waals surface area contributed by atoms with Gasteiger partial charge in [-0.1, -0.05) is 41.9 Å². The summed E-state index contributed by atoms with van der Waals surface area (Å²) in [7, 11) is 0. The molecule has 0 aliphatic carbocycles. The molecule has 1 atom stereocenters. The van der Waals surface area contributed by atoms with E-state index in [0.29, 0.717) is 22.0 Å². The van der Waals surface area contributed by atoms with Crippen molar-refractivity contribution in [3.8, 4) is 0 Å². The summed E-state index contributed by atoms with van der Waals surface area (Å²) in [5.41, 5.74) is 1.26. The molecule has 0 fully saturated rings. The predicted octanol–water partition coefficient (Wildman–Crippen LogP) is 2.99. The first-order valence-electron chi connectivity index (χ1n) is 8.71. The highest BCUT2D eigenvalue weighted by atomic mass is 35.5. The van der Waals surface area contributed by atoms with Gasteiger partial charge in [-0.05, 0) is 23.8 Å². The standard InChI is InChI=1S/C20H16ClN3O4/c21-13-7-5-12(6-8-13)16-11-20(24(23-16)17(25)9-10-18(26)27)14-3-1-2-4-15(14)22-19(20)28/h1-8H,9-11H2,(H,22,28)(H,26,27). The molecule has 0 aromatic heterocycles. The summed E-state index contributed by atoms with van der Waals surface area (Å²) in [4.78, 5) is 36.8. The van der Waals surface area contributed by atoms with E-state index >= 15 is 0 Å². The van der Waals surface area contributed by atoms with Crippen LogP contribution in [0, 0.1) is 0 Å². The Labute approximate surface area is 165 Å². The van der Waals surface area contributed by atoms with Crippen LogP contribution in [0.25, 0.3) is 0 Å². The van der Waals surface area contributed by atoms with E-state index in [1.165, 1.54) is 0 Å². The molecule has 28 heavy (non-hydrogen) atoms. The molecule has 1 spiro atoms. The van der Waals surface area contributed by atoms with Gasteiger partial charge in [0.05, 0.1) is 12.1 Å². The topological polar surface area (TPSA) is 99.1 Å². The maximum Gasteiger partial charge on any atom is 0.303 e. The normalized spacial score (nSPS) is 20.1. The number of carbonyl (C=O) groups is 3. The fraction of sp³-hybridized carbons (Fsp3) is 0.200. The summed E-state index contributed by atoms with van der Waals surface area (Å²) >= 11 is 5.95. The van der Waals surface area contributed by atoms with Gasteiger partial charge in [0.15, 0.2) is 5.54 Å². The predicted molar refractivity (Wildman–Crippen MR) is 103 cm³/mol. The van der Waals surface area contributed by atoms with Crippen molar-refractivity contribution in [3.05, 3.63) is 64.7 Å². The molecule has 2 aromatic rings. The SMILES string of the molecule is O=C(O)CCC(=O)N1N=C(c2ccc(Cl)cc2)CC12C(=O)Nc1ccccc12. The number of amides is 2. The zero-order valence-corrected chi connectivity index (χ0v) is 15.4. The third-order valence-electron chi connectivity index (χ3n) is 4.97. The number of carboxylic acid groups (broad SMARTS) is 1. The van der Waals surface area contributed by atoms with Crippen LogP contribution in [0.15, 0.2) is 53.6 Å². The van der Waals surface area contributed by atoms with Gasteiger partial charge in [0.1, 0.15) is 0 Å². The number of nitrogens with zero attached hydrogens (tertiary/aromatic N) is 2.